The molecule has 0 radical (unpaired) electrons. The monoisotopic (exact) mass is 282 g/mol. The second-order valence-corrected chi connectivity index (χ2v) is 5.49. The molecule has 3 aromatic rings. The molecule has 1 aliphatic carbocycles. The Hall–Kier alpha value is -2.30. The number of fused-ring (bicyclic) bond motifs is 1. The third-order valence-electron chi connectivity index (χ3n) is 4.19. The van der Waals surface area contributed by atoms with E-state index in [1.807, 2.05) is 6.33 Å². The van der Waals surface area contributed by atoms with Crippen molar-refractivity contribution in [3.05, 3.63) is 42.7 Å². The van der Waals surface area contributed by atoms with Crippen molar-refractivity contribution in [3.8, 4) is 11.3 Å². The summed E-state index contributed by atoms with van der Waals surface area (Å²) in [7, 11) is 0. The molecule has 0 bridgehead atoms. The number of aromatic nitrogens is 4. The lowest BCUT2D eigenvalue weighted by Gasteiger charge is -2.11. The van der Waals surface area contributed by atoms with Crippen LogP contribution < -0.4 is 0 Å². The number of imidazole rings is 1. The third-order valence-corrected chi connectivity index (χ3v) is 4.19. The first-order valence-electron chi connectivity index (χ1n) is 7.26. The molecule has 2 heterocycles. The van der Waals surface area contributed by atoms with Crippen molar-refractivity contribution in [1.82, 2.24) is 19.5 Å². The van der Waals surface area contributed by atoms with Gasteiger partial charge in [0.1, 0.15) is 23.4 Å². The van der Waals surface area contributed by atoms with Crippen LogP contribution >= 0.6 is 0 Å². The molecule has 106 valence electrons. The van der Waals surface area contributed by atoms with Gasteiger partial charge in [-0.05, 0) is 37.1 Å². The minimum atomic E-state index is -0.250. The van der Waals surface area contributed by atoms with Gasteiger partial charge in [-0.15, -0.1) is 0 Å². The predicted octanol–water partition coefficient (Wildman–Crippen LogP) is 3.75. The molecule has 0 N–H and O–H groups in total. The second-order valence-electron chi connectivity index (χ2n) is 5.49. The van der Waals surface area contributed by atoms with E-state index in [9.17, 15) is 4.39 Å². The fourth-order valence-electron chi connectivity index (χ4n) is 3.12. The fraction of sp³-hybridized carbons (Fsp3) is 0.312. The molecule has 1 saturated carbocycles. The summed E-state index contributed by atoms with van der Waals surface area (Å²) in [5.41, 5.74) is 3.28. The Morgan fingerprint density at radius 2 is 1.76 bits per heavy atom. The first-order chi connectivity index (χ1) is 10.3. The van der Waals surface area contributed by atoms with Crippen molar-refractivity contribution >= 4 is 11.2 Å². The molecule has 0 unspecified atom stereocenters. The third kappa shape index (κ3) is 2.09. The van der Waals surface area contributed by atoms with Crippen molar-refractivity contribution in [2.75, 3.05) is 0 Å². The lowest BCUT2D eigenvalue weighted by atomic mass is 10.1. The summed E-state index contributed by atoms with van der Waals surface area (Å²) in [5, 5.41) is 0. The van der Waals surface area contributed by atoms with E-state index < -0.39 is 0 Å². The van der Waals surface area contributed by atoms with E-state index >= 15 is 0 Å². The molecular weight excluding hydrogens is 267 g/mol. The van der Waals surface area contributed by atoms with Crippen LogP contribution in [0.5, 0.6) is 0 Å². The normalized spacial score (nSPS) is 15.9. The van der Waals surface area contributed by atoms with Crippen molar-refractivity contribution in [3.63, 3.8) is 0 Å². The molecule has 0 aliphatic heterocycles. The van der Waals surface area contributed by atoms with Gasteiger partial charge in [0, 0.05) is 11.6 Å². The maximum absolute atomic E-state index is 13.1. The van der Waals surface area contributed by atoms with Crippen LogP contribution in [-0.2, 0) is 0 Å². The van der Waals surface area contributed by atoms with Crippen LogP contribution in [0.2, 0.25) is 0 Å². The van der Waals surface area contributed by atoms with Gasteiger partial charge in [-0.2, -0.15) is 0 Å². The average Bonchev–Trinajstić information content (AvgIpc) is 3.16. The highest BCUT2D eigenvalue weighted by atomic mass is 19.1. The molecule has 4 rings (SSSR count). The molecule has 0 saturated heterocycles. The Balaban J connectivity index is 1.85. The highest BCUT2D eigenvalue weighted by Crippen LogP contribution is 2.33. The van der Waals surface area contributed by atoms with Gasteiger partial charge in [0.2, 0.25) is 0 Å². The van der Waals surface area contributed by atoms with Crippen molar-refractivity contribution < 1.29 is 4.39 Å². The molecule has 4 nitrogen and oxygen atoms in total. The Morgan fingerprint density at radius 1 is 1.00 bits per heavy atom. The van der Waals surface area contributed by atoms with Crippen LogP contribution in [0.1, 0.15) is 31.7 Å². The zero-order valence-electron chi connectivity index (χ0n) is 11.5. The van der Waals surface area contributed by atoms with Crippen LogP contribution in [-0.4, -0.2) is 19.5 Å². The van der Waals surface area contributed by atoms with Gasteiger partial charge in [-0.25, -0.2) is 19.3 Å². The molecule has 0 atom stereocenters. The first kappa shape index (κ1) is 12.4. The van der Waals surface area contributed by atoms with Crippen LogP contribution in [0.25, 0.3) is 22.4 Å². The van der Waals surface area contributed by atoms with E-state index in [1.165, 1.54) is 37.8 Å². The Bertz CT molecular complexity index is 773. The number of hydrogen-bond acceptors (Lipinski definition) is 3. The van der Waals surface area contributed by atoms with Gasteiger partial charge in [-0.1, -0.05) is 12.8 Å². The summed E-state index contributed by atoms with van der Waals surface area (Å²) in [6.07, 6.45) is 8.32. The van der Waals surface area contributed by atoms with E-state index in [0.29, 0.717) is 6.04 Å². The molecular formula is C16H15FN4. The molecule has 0 spiro atoms. The number of halogens is 1. The van der Waals surface area contributed by atoms with E-state index in [0.717, 1.165) is 22.4 Å². The maximum atomic E-state index is 13.1. The number of hydrogen-bond donors (Lipinski definition) is 0. The van der Waals surface area contributed by atoms with E-state index in [-0.39, 0.29) is 5.82 Å². The van der Waals surface area contributed by atoms with Gasteiger partial charge < -0.3 is 4.57 Å². The smallest absolute Gasteiger partial charge is 0.164 e. The Morgan fingerprint density at radius 3 is 2.52 bits per heavy atom. The van der Waals surface area contributed by atoms with Crippen molar-refractivity contribution in [1.29, 1.82) is 0 Å². The summed E-state index contributed by atoms with van der Waals surface area (Å²) >= 11 is 0. The highest BCUT2D eigenvalue weighted by Gasteiger charge is 2.20. The minimum absolute atomic E-state index is 0.250. The van der Waals surface area contributed by atoms with Gasteiger partial charge in [0.05, 0.1) is 6.33 Å². The summed E-state index contributed by atoms with van der Waals surface area (Å²) in [4.78, 5) is 13.2. The molecule has 2 aromatic heterocycles. The zero-order chi connectivity index (χ0) is 14.2. The first-order valence-corrected chi connectivity index (χ1v) is 7.26. The lowest BCUT2D eigenvalue weighted by Crippen LogP contribution is -2.04. The van der Waals surface area contributed by atoms with Crippen molar-refractivity contribution in [2.24, 2.45) is 0 Å². The lowest BCUT2D eigenvalue weighted by molar-refractivity contribution is 0.529. The average molecular weight is 282 g/mol. The Kier molecular flexibility index (Phi) is 2.91. The van der Waals surface area contributed by atoms with Crippen LogP contribution in [0, 0.1) is 5.82 Å². The van der Waals surface area contributed by atoms with E-state index in [1.54, 1.807) is 18.5 Å². The quantitative estimate of drug-likeness (QED) is 0.719. The van der Waals surface area contributed by atoms with Gasteiger partial charge in [0.25, 0.3) is 0 Å². The van der Waals surface area contributed by atoms with Gasteiger partial charge in [-0.3, -0.25) is 0 Å². The van der Waals surface area contributed by atoms with Crippen LogP contribution in [0.15, 0.2) is 36.9 Å². The molecule has 21 heavy (non-hydrogen) atoms. The maximum Gasteiger partial charge on any atom is 0.164 e. The van der Waals surface area contributed by atoms with Crippen molar-refractivity contribution in [2.45, 2.75) is 31.7 Å². The number of nitrogens with zero attached hydrogens (tertiary/aromatic N) is 4. The summed E-state index contributed by atoms with van der Waals surface area (Å²) in [5.74, 6) is -0.250. The molecule has 0 amide bonds. The Labute approximate surface area is 121 Å². The predicted molar refractivity (Wildman–Crippen MR) is 78.2 cm³/mol. The molecule has 1 aromatic carbocycles. The van der Waals surface area contributed by atoms with Gasteiger partial charge >= 0.3 is 0 Å². The minimum Gasteiger partial charge on any atom is -0.312 e. The molecule has 5 heteroatoms. The summed E-state index contributed by atoms with van der Waals surface area (Å²) in [6, 6.07) is 6.83. The highest BCUT2D eigenvalue weighted by molar-refractivity contribution is 5.87. The fourth-order valence-corrected chi connectivity index (χ4v) is 3.12. The number of rotatable bonds is 2. The SMILES string of the molecule is Fc1ccc(-c2ncnc3c2ncn3C2CCCC2)cc1. The summed E-state index contributed by atoms with van der Waals surface area (Å²) < 4.78 is 15.2. The molecule has 1 fully saturated rings. The van der Waals surface area contributed by atoms with Crippen LogP contribution in [0.4, 0.5) is 4.39 Å². The topological polar surface area (TPSA) is 43.6 Å². The largest absolute Gasteiger partial charge is 0.312 e. The van der Waals surface area contributed by atoms with Gasteiger partial charge in [0.15, 0.2) is 5.65 Å². The summed E-state index contributed by atoms with van der Waals surface area (Å²) in [6.45, 7) is 0. The van der Waals surface area contributed by atoms with E-state index in [4.69, 9.17) is 0 Å². The van der Waals surface area contributed by atoms with E-state index in [2.05, 4.69) is 19.5 Å². The standard InChI is InChI=1S/C16H15FN4/c17-12-7-5-11(6-8-12)14-15-16(19-9-18-14)21(10-20-15)13-3-1-2-4-13/h5-10,13H,1-4H2. The second kappa shape index (κ2) is 4.91. The zero-order valence-corrected chi connectivity index (χ0v) is 11.5. The number of benzene rings is 1. The molecule has 1 aliphatic rings. The van der Waals surface area contributed by atoms with Crippen LogP contribution in [0.3, 0.4) is 0 Å².